The predicted octanol–water partition coefficient (Wildman–Crippen LogP) is 4.10. The van der Waals surface area contributed by atoms with E-state index in [-0.39, 0.29) is 0 Å². The standard InChI is InChI=1S/C17H20ClN3/c1-2-9-21-10-7-14(8-11-21)17-12-16(19-20-17)13-3-5-15(18)6-4-13/h2-6,12,14H,1,7-11H2,(H,19,20). The van der Waals surface area contributed by atoms with Crippen molar-refractivity contribution < 1.29 is 0 Å². The van der Waals surface area contributed by atoms with Crippen molar-refractivity contribution in [3.05, 3.63) is 53.7 Å². The third kappa shape index (κ3) is 3.36. The minimum Gasteiger partial charge on any atom is -0.300 e. The lowest BCUT2D eigenvalue weighted by atomic mass is 9.93. The number of likely N-dealkylation sites (tertiary alicyclic amines) is 1. The van der Waals surface area contributed by atoms with Gasteiger partial charge in [-0.2, -0.15) is 5.10 Å². The Balaban J connectivity index is 1.68. The van der Waals surface area contributed by atoms with E-state index in [4.69, 9.17) is 11.6 Å². The minimum absolute atomic E-state index is 0.583. The number of nitrogens with one attached hydrogen (secondary N) is 1. The topological polar surface area (TPSA) is 31.9 Å². The molecule has 3 rings (SSSR count). The molecule has 3 nitrogen and oxygen atoms in total. The van der Waals surface area contributed by atoms with Crippen LogP contribution in [-0.4, -0.2) is 34.7 Å². The summed E-state index contributed by atoms with van der Waals surface area (Å²) in [4.78, 5) is 2.44. The molecule has 0 aliphatic carbocycles. The second-order valence-corrected chi connectivity index (χ2v) is 6.02. The van der Waals surface area contributed by atoms with Gasteiger partial charge in [0.1, 0.15) is 0 Å². The molecule has 0 amide bonds. The van der Waals surface area contributed by atoms with E-state index >= 15 is 0 Å². The molecule has 1 fully saturated rings. The fourth-order valence-electron chi connectivity index (χ4n) is 2.92. The highest BCUT2D eigenvalue weighted by molar-refractivity contribution is 6.30. The van der Waals surface area contributed by atoms with E-state index in [0.717, 1.165) is 35.9 Å². The Bertz CT molecular complexity index is 595. The van der Waals surface area contributed by atoms with Gasteiger partial charge in [0, 0.05) is 28.7 Å². The van der Waals surface area contributed by atoms with Gasteiger partial charge >= 0.3 is 0 Å². The summed E-state index contributed by atoms with van der Waals surface area (Å²) in [6, 6.07) is 10.00. The van der Waals surface area contributed by atoms with Gasteiger partial charge in [-0.3, -0.25) is 10.00 Å². The third-order valence-electron chi connectivity index (χ3n) is 4.15. The van der Waals surface area contributed by atoms with E-state index in [1.807, 2.05) is 30.3 Å². The summed E-state index contributed by atoms with van der Waals surface area (Å²) in [5, 5.41) is 8.42. The van der Waals surface area contributed by atoms with Gasteiger partial charge in [0.2, 0.25) is 0 Å². The van der Waals surface area contributed by atoms with Gasteiger partial charge in [0.05, 0.1) is 5.69 Å². The number of hydrogen-bond acceptors (Lipinski definition) is 2. The molecule has 2 heterocycles. The average molecular weight is 302 g/mol. The third-order valence-corrected chi connectivity index (χ3v) is 4.40. The maximum absolute atomic E-state index is 5.93. The van der Waals surface area contributed by atoms with E-state index < -0.39 is 0 Å². The highest BCUT2D eigenvalue weighted by atomic mass is 35.5. The van der Waals surface area contributed by atoms with Crippen LogP contribution in [-0.2, 0) is 0 Å². The summed E-state index contributed by atoms with van der Waals surface area (Å²) in [7, 11) is 0. The zero-order chi connectivity index (χ0) is 14.7. The van der Waals surface area contributed by atoms with Crippen molar-refractivity contribution in [2.45, 2.75) is 18.8 Å². The first-order chi connectivity index (χ1) is 10.3. The van der Waals surface area contributed by atoms with Crippen molar-refractivity contribution in [3.8, 4) is 11.3 Å². The monoisotopic (exact) mass is 301 g/mol. The van der Waals surface area contributed by atoms with Gasteiger partial charge in [-0.05, 0) is 44.1 Å². The molecule has 1 N–H and O–H groups in total. The number of aromatic amines is 1. The van der Waals surface area contributed by atoms with Crippen molar-refractivity contribution in [2.24, 2.45) is 0 Å². The molecule has 1 aromatic carbocycles. The lowest BCUT2D eigenvalue weighted by Crippen LogP contribution is -2.33. The maximum atomic E-state index is 5.93. The average Bonchev–Trinajstić information content (AvgIpc) is 2.99. The second kappa shape index (κ2) is 6.46. The largest absolute Gasteiger partial charge is 0.300 e. The Morgan fingerprint density at radius 1 is 1.29 bits per heavy atom. The number of benzene rings is 1. The van der Waals surface area contributed by atoms with Crippen LogP contribution in [0, 0.1) is 0 Å². The number of halogens is 1. The molecule has 1 saturated heterocycles. The molecule has 0 unspecified atom stereocenters. The number of rotatable bonds is 4. The molecular formula is C17H20ClN3. The molecule has 1 aromatic heterocycles. The fraction of sp³-hybridized carbons (Fsp3) is 0.353. The lowest BCUT2D eigenvalue weighted by molar-refractivity contribution is 0.231. The molecule has 21 heavy (non-hydrogen) atoms. The number of aromatic nitrogens is 2. The first-order valence-corrected chi connectivity index (χ1v) is 7.78. The Labute approximate surface area is 130 Å². The SMILES string of the molecule is C=CCN1CCC(c2cc(-c3ccc(Cl)cc3)n[nH]2)CC1. The molecule has 110 valence electrons. The number of hydrogen-bond donors (Lipinski definition) is 1. The Hall–Kier alpha value is -1.58. The van der Waals surface area contributed by atoms with Crippen LogP contribution in [0.5, 0.6) is 0 Å². The van der Waals surface area contributed by atoms with Crippen molar-refractivity contribution in [1.82, 2.24) is 15.1 Å². The van der Waals surface area contributed by atoms with Gasteiger partial charge in [0.15, 0.2) is 0 Å². The van der Waals surface area contributed by atoms with Crippen molar-refractivity contribution >= 4 is 11.6 Å². The van der Waals surface area contributed by atoms with Crippen LogP contribution in [0.15, 0.2) is 43.0 Å². The highest BCUT2D eigenvalue weighted by Crippen LogP contribution is 2.29. The summed E-state index contributed by atoms with van der Waals surface area (Å²) in [5.41, 5.74) is 3.35. The molecule has 0 spiro atoms. The number of H-pyrrole nitrogens is 1. The number of nitrogens with zero attached hydrogens (tertiary/aromatic N) is 2. The molecular weight excluding hydrogens is 282 g/mol. The van der Waals surface area contributed by atoms with Crippen LogP contribution in [0.25, 0.3) is 11.3 Å². The fourth-order valence-corrected chi connectivity index (χ4v) is 3.05. The highest BCUT2D eigenvalue weighted by Gasteiger charge is 2.21. The maximum Gasteiger partial charge on any atom is 0.0923 e. The van der Waals surface area contributed by atoms with Crippen molar-refractivity contribution in [3.63, 3.8) is 0 Å². The minimum atomic E-state index is 0.583. The summed E-state index contributed by atoms with van der Waals surface area (Å²) in [6.45, 7) is 7.06. The van der Waals surface area contributed by atoms with Crippen LogP contribution in [0.3, 0.4) is 0 Å². The number of piperidine rings is 1. The van der Waals surface area contributed by atoms with E-state index in [0.29, 0.717) is 5.92 Å². The first kappa shape index (κ1) is 14.4. The summed E-state index contributed by atoms with van der Waals surface area (Å²) >= 11 is 5.93. The van der Waals surface area contributed by atoms with Gasteiger partial charge < -0.3 is 0 Å². The van der Waals surface area contributed by atoms with Crippen LogP contribution in [0.4, 0.5) is 0 Å². The van der Waals surface area contributed by atoms with Crippen LogP contribution in [0.2, 0.25) is 5.02 Å². The van der Waals surface area contributed by atoms with Gasteiger partial charge in [-0.25, -0.2) is 0 Å². The van der Waals surface area contributed by atoms with Crippen molar-refractivity contribution in [2.75, 3.05) is 19.6 Å². The smallest absolute Gasteiger partial charge is 0.0923 e. The lowest BCUT2D eigenvalue weighted by Gasteiger charge is -2.30. The molecule has 1 aliphatic heterocycles. The molecule has 2 aromatic rings. The van der Waals surface area contributed by atoms with Gasteiger partial charge in [-0.15, -0.1) is 6.58 Å². The normalized spacial score (nSPS) is 17.0. The van der Waals surface area contributed by atoms with Crippen LogP contribution in [0.1, 0.15) is 24.5 Å². The Morgan fingerprint density at radius 2 is 2.00 bits per heavy atom. The van der Waals surface area contributed by atoms with E-state index in [9.17, 15) is 0 Å². The van der Waals surface area contributed by atoms with E-state index in [1.165, 1.54) is 18.5 Å². The van der Waals surface area contributed by atoms with Crippen LogP contribution < -0.4 is 0 Å². The second-order valence-electron chi connectivity index (χ2n) is 5.58. The van der Waals surface area contributed by atoms with Gasteiger partial charge in [-0.1, -0.05) is 29.8 Å². The van der Waals surface area contributed by atoms with E-state index in [1.54, 1.807) is 0 Å². The molecule has 0 saturated carbocycles. The molecule has 0 atom stereocenters. The summed E-state index contributed by atoms with van der Waals surface area (Å²) in [6.07, 6.45) is 4.33. The zero-order valence-electron chi connectivity index (χ0n) is 12.1. The molecule has 0 radical (unpaired) electrons. The van der Waals surface area contributed by atoms with E-state index in [2.05, 4.69) is 27.7 Å². The Kier molecular flexibility index (Phi) is 4.42. The molecule has 1 aliphatic rings. The summed E-state index contributed by atoms with van der Waals surface area (Å²) in [5.74, 6) is 0.583. The summed E-state index contributed by atoms with van der Waals surface area (Å²) < 4.78 is 0. The Morgan fingerprint density at radius 3 is 2.67 bits per heavy atom. The zero-order valence-corrected chi connectivity index (χ0v) is 12.8. The quantitative estimate of drug-likeness (QED) is 0.862. The van der Waals surface area contributed by atoms with Crippen LogP contribution >= 0.6 is 11.6 Å². The molecule has 0 bridgehead atoms. The van der Waals surface area contributed by atoms with Crippen molar-refractivity contribution in [1.29, 1.82) is 0 Å². The molecule has 4 heteroatoms. The predicted molar refractivity (Wildman–Crippen MR) is 87.6 cm³/mol. The first-order valence-electron chi connectivity index (χ1n) is 7.41. The van der Waals surface area contributed by atoms with Gasteiger partial charge in [0.25, 0.3) is 0 Å².